The fraction of sp³-hybridized carbons (Fsp3) is 0.542. The van der Waals surface area contributed by atoms with Crippen molar-refractivity contribution in [1.29, 1.82) is 0 Å². The molecule has 5 atom stereocenters. The minimum absolute atomic E-state index is 0.0767. The van der Waals surface area contributed by atoms with Crippen LogP contribution in [0.1, 0.15) is 75.2 Å². The van der Waals surface area contributed by atoms with Crippen molar-refractivity contribution in [3.05, 3.63) is 47.0 Å². The largest absolute Gasteiger partial charge is 0.461 e. The molecule has 0 saturated heterocycles. The normalized spacial score (nSPS) is 30.9. The van der Waals surface area contributed by atoms with Crippen LogP contribution in [-0.2, 0) is 19.1 Å². The zero-order chi connectivity index (χ0) is 22.4. The van der Waals surface area contributed by atoms with Crippen molar-refractivity contribution in [2.24, 2.45) is 17.3 Å². The summed E-state index contributed by atoms with van der Waals surface area (Å²) in [7, 11) is 0. The number of fused-ring (bicyclic) bond motifs is 2. The van der Waals surface area contributed by atoms with Gasteiger partial charge in [-0.25, -0.2) is 9.59 Å². The van der Waals surface area contributed by atoms with E-state index in [1.807, 2.05) is 20.8 Å². The van der Waals surface area contributed by atoms with Crippen molar-refractivity contribution < 1.29 is 28.3 Å². The molecular formula is C24H30O6. The molecular weight excluding hydrogens is 384 g/mol. The topological polar surface area (TPSA) is 82.8 Å². The minimum atomic E-state index is -0.749. The molecule has 2 aliphatic carbocycles. The predicted octanol–water partition coefficient (Wildman–Crippen LogP) is 4.88. The molecule has 30 heavy (non-hydrogen) atoms. The lowest BCUT2D eigenvalue weighted by atomic mass is 9.53. The number of rotatable bonds is 4. The number of carbonyl (C=O) groups is 3. The number of ketones is 1. The number of esters is 2. The van der Waals surface area contributed by atoms with Crippen LogP contribution >= 0.6 is 0 Å². The van der Waals surface area contributed by atoms with E-state index in [2.05, 4.69) is 6.58 Å². The summed E-state index contributed by atoms with van der Waals surface area (Å²) >= 11 is 0. The Hall–Kier alpha value is -2.63. The highest BCUT2D eigenvalue weighted by atomic mass is 16.6. The van der Waals surface area contributed by atoms with Gasteiger partial charge in [0.2, 0.25) is 5.78 Å². The number of Topliss-reactive ketones (excluding diaryl/α,β-unsaturated/α-hetero) is 1. The molecule has 1 fully saturated rings. The third-order valence-corrected chi connectivity index (χ3v) is 7.01. The number of hydrogen-bond donors (Lipinski definition) is 0. The summed E-state index contributed by atoms with van der Waals surface area (Å²) < 4.78 is 17.3. The molecule has 2 aliphatic rings. The first-order valence-corrected chi connectivity index (χ1v) is 10.4. The first kappa shape index (κ1) is 22.1. The summed E-state index contributed by atoms with van der Waals surface area (Å²) in [5, 5.41) is 0. The number of ether oxygens (including phenoxy) is 2. The van der Waals surface area contributed by atoms with Crippen LogP contribution in [0.5, 0.6) is 0 Å². The maximum Gasteiger partial charge on any atom is 0.334 e. The standard InChI is InChI=1S/C24H30O6/c1-8-13(4)23(27)30-21-18-14(5)11-28-20(18)19(25)16-9-10-17(15(6)24(16,21)7)29-22(26)12(2)3/h8,11,15-17,21H,2,9-10H2,1,3-7H3. The lowest BCUT2D eigenvalue weighted by Gasteiger charge is -2.53. The Bertz CT molecular complexity index is 935. The van der Waals surface area contributed by atoms with Crippen LogP contribution in [-0.4, -0.2) is 23.8 Å². The molecule has 0 aromatic carbocycles. The molecule has 0 N–H and O–H groups in total. The maximum atomic E-state index is 13.3. The van der Waals surface area contributed by atoms with Gasteiger partial charge in [-0.05, 0) is 46.1 Å². The van der Waals surface area contributed by atoms with Crippen molar-refractivity contribution >= 4 is 17.7 Å². The average Bonchev–Trinajstić information content (AvgIpc) is 3.09. The van der Waals surface area contributed by atoms with Crippen molar-refractivity contribution in [3.63, 3.8) is 0 Å². The molecule has 0 amide bonds. The second kappa shape index (κ2) is 7.89. The summed E-state index contributed by atoms with van der Waals surface area (Å²) in [6, 6.07) is 0. The van der Waals surface area contributed by atoms with Crippen LogP contribution in [0.25, 0.3) is 0 Å². The Balaban J connectivity index is 2.08. The van der Waals surface area contributed by atoms with Crippen LogP contribution in [0.4, 0.5) is 0 Å². The Morgan fingerprint density at radius 3 is 2.50 bits per heavy atom. The third-order valence-electron chi connectivity index (χ3n) is 7.01. The van der Waals surface area contributed by atoms with Gasteiger partial charge in [0.1, 0.15) is 12.2 Å². The van der Waals surface area contributed by atoms with Gasteiger partial charge in [-0.2, -0.15) is 0 Å². The van der Waals surface area contributed by atoms with Crippen molar-refractivity contribution in [1.82, 2.24) is 0 Å². The van der Waals surface area contributed by atoms with Crippen LogP contribution in [0.15, 0.2) is 34.5 Å². The Morgan fingerprint density at radius 1 is 1.23 bits per heavy atom. The summed E-state index contributed by atoms with van der Waals surface area (Å²) in [5.74, 6) is -1.31. The smallest absolute Gasteiger partial charge is 0.334 e. The third kappa shape index (κ3) is 3.32. The molecule has 1 aromatic rings. The van der Waals surface area contributed by atoms with Crippen LogP contribution in [0, 0.1) is 24.2 Å². The van der Waals surface area contributed by atoms with Crippen LogP contribution in [0.2, 0.25) is 0 Å². The molecule has 0 spiro atoms. The lowest BCUT2D eigenvalue weighted by molar-refractivity contribution is -0.178. The fourth-order valence-electron chi connectivity index (χ4n) is 4.79. The predicted molar refractivity (Wildman–Crippen MR) is 111 cm³/mol. The van der Waals surface area contributed by atoms with E-state index >= 15 is 0 Å². The van der Waals surface area contributed by atoms with Crippen molar-refractivity contribution in [2.45, 2.75) is 66.6 Å². The molecule has 0 bridgehead atoms. The van der Waals surface area contributed by atoms with E-state index < -0.39 is 35.5 Å². The minimum Gasteiger partial charge on any atom is -0.461 e. The molecule has 0 radical (unpaired) electrons. The molecule has 5 unspecified atom stereocenters. The van der Waals surface area contributed by atoms with Gasteiger partial charge in [0, 0.05) is 34.0 Å². The first-order chi connectivity index (χ1) is 14.0. The van der Waals surface area contributed by atoms with Crippen LogP contribution < -0.4 is 0 Å². The summed E-state index contributed by atoms with van der Waals surface area (Å²) in [5.41, 5.74) is 1.45. The highest BCUT2D eigenvalue weighted by Crippen LogP contribution is 2.60. The van der Waals surface area contributed by atoms with Crippen LogP contribution in [0.3, 0.4) is 0 Å². The number of aryl methyl sites for hydroxylation is 1. The molecule has 1 aromatic heterocycles. The number of furan rings is 1. The Kier molecular flexibility index (Phi) is 5.81. The molecule has 6 nitrogen and oxygen atoms in total. The quantitative estimate of drug-likeness (QED) is 0.516. The maximum absolute atomic E-state index is 13.3. The highest BCUT2D eigenvalue weighted by molar-refractivity contribution is 5.99. The summed E-state index contributed by atoms with van der Waals surface area (Å²) in [6.07, 6.45) is 3.22. The van der Waals surface area contributed by atoms with Gasteiger partial charge in [-0.1, -0.05) is 26.5 Å². The number of allylic oxidation sites excluding steroid dienone is 1. The number of carbonyl (C=O) groups excluding carboxylic acids is 3. The Labute approximate surface area is 177 Å². The zero-order valence-corrected chi connectivity index (χ0v) is 18.5. The second-order valence-corrected chi connectivity index (χ2v) is 8.79. The molecule has 162 valence electrons. The van der Waals surface area contributed by atoms with Gasteiger partial charge >= 0.3 is 11.9 Å². The number of hydrogen-bond acceptors (Lipinski definition) is 6. The van der Waals surface area contributed by atoms with Gasteiger partial charge < -0.3 is 13.9 Å². The van der Waals surface area contributed by atoms with Gasteiger partial charge in [0.05, 0.1) is 6.26 Å². The van der Waals surface area contributed by atoms with E-state index in [1.54, 1.807) is 26.8 Å². The van der Waals surface area contributed by atoms with E-state index in [4.69, 9.17) is 13.9 Å². The van der Waals surface area contributed by atoms with E-state index in [-0.39, 0.29) is 17.5 Å². The van der Waals surface area contributed by atoms with Crippen molar-refractivity contribution in [2.75, 3.05) is 0 Å². The van der Waals surface area contributed by atoms with Gasteiger partial charge in [0.15, 0.2) is 5.76 Å². The molecule has 1 saturated carbocycles. The SMILES string of the molecule is C=C(C)C(=O)OC1CCC2C(=O)c3occ(C)c3C(OC(=O)C(C)=CC)C2(C)C1C. The first-order valence-electron chi connectivity index (χ1n) is 10.4. The molecule has 6 heteroatoms. The molecule has 3 rings (SSSR count). The zero-order valence-electron chi connectivity index (χ0n) is 18.5. The summed E-state index contributed by atoms with van der Waals surface area (Å²) in [4.78, 5) is 38.2. The fourth-order valence-corrected chi connectivity index (χ4v) is 4.79. The molecule has 0 aliphatic heterocycles. The van der Waals surface area contributed by atoms with Gasteiger partial charge in [-0.15, -0.1) is 0 Å². The average molecular weight is 414 g/mol. The van der Waals surface area contributed by atoms with E-state index in [9.17, 15) is 14.4 Å². The monoisotopic (exact) mass is 414 g/mol. The van der Waals surface area contributed by atoms with E-state index in [0.29, 0.717) is 29.6 Å². The Morgan fingerprint density at radius 2 is 1.90 bits per heavy atom. The highest BCUT2D eigenvalue weighted by Gasteiger charge is 2.61. The van der Waals surface area contributed by atoms with E-state index in [1.165, 1.54) is 6.26 Å². The molecule has 1 heterocycles. The lowest BCUT2D eigenvalue weighted by Crippen LogP contribution is -2.55. The van der Waals surface area contributed by atoms with Gasteiger partial charge in [-0.3, -0.25) is 4.79 Å². The summed E-state index contributed by atoms with van der Waals surface area (Å²) in [6.45, 7) is 14.5. The van der Waals surface area contributed by atoms with E-state index in [0.717, 1.165) is 5.56 Å². The second-order valence-electron chi connectivity index (χ2n) is 8.79. The van der Waals surface area contributed by atoms with Crippen molar-refractivity contribution in [3.8, 4) is 0 Å². The van der Waals surface area contributed by atoms with Gasteiger partial charge in [0.25, 0.3) is 0 Å².